The summed E-state index contributed by atoms with van der Waals surface area (Å²) in [5.41, 5.74) is 2.84. The third-order valence-corrected chi connectivity index (χ3v) is 3.28. The first-order valence-corrected chi connectivity index (χ1v) is 6.19. The van der Waals surface area contributed by atoms with Crippen molar-refractivity contribution in [2.24, 2.45) is 0 Å². The maximum atomic E-state index is 11.1. The van der Waals surface area contributed by atoms with Crippen molar-refractivity contribution in [3.05, 3.63) is 54.2 Å². The molecule has 0 aliphatic rings. The van der Waals surface area contributed by atoms with Crippen molar-refractivity contribution in [1.29, 1.82) is 0 Å². The van der Waals surface area contributed by atoms with E-state index in [1.165, 1.54) is 0 Å². The van der Waals surface area contributed by atoms with E-state index in [9.17, 15) is 4.79 Å². The number of rotatable bonds is 3. The van der Waals surface area contributed by atoms with Crippen LogP contribution in [-0.4, -0.2) is 23.2 Å². The van der Waals surface area contributed by atoms with Crippen LogP contribution in [-0.2, 0) is 0 Å². The summed E-state index contributed by atoms with van der Waals surface area (Å²) in [4.78, 5) is 14.0. The van der Waals surface area contributed by atoms with Crippen molar-refractivity contribution in [1.82, 2.24) is 4.98 Å². The fourth-order valence-corrected chi connectivity index (χ4v) is 2.36. The van der Waals surface area contributed by atoms with E-state index in [1.54, 1.807) is 13.2 Å². The second-order valence-electron chi connectivity index (χ2n) is 4.46. The van der Waals surface area contributed by atoms with Gasteiger partial charge in [-0.15, -0.1) is 0 Å². The average Bonchev–Trinajstić information content (AvgIpc) is 2.91. The van der Waals surface area contributed by atoms with E-state index < -0.39 is 5.97 Å². The van der Waals surface area contributed by atoms with Gasteiger partial charge in [0.15, 0.2) is 0 Å². The number of carboxylic acids is 1. The largest absolute Gasteiger partial charge is 0.496 e. The van der Waals surface area contributed by atoms with E-state index in [4.69, 9.17) is 9.84 Å². The zero-order valence-corrected chi connectivity index (χ0v) is 10.9. The molecule has 0 fully saturated rings. The van der Waals surface area contributed by atoms with Crippen LogP contribution in [0, 0.1) is 0 Å². The quantitative estimate of drug-likeness (QED) is 0.763. The van der Waals surface area contributed by atoms with Crippen molar-refractivity contribution in [2.75, 3.05) is 7.11 Å². The fourth-order valence-electron chi connectivity index (χ4n) is 2.36. The number of hydrogen-bond acceptors (Lipinski definition) is 2. The lowest BCUT2D eigenvalue weighted by Gasteiger charge is -2.09. The second-order valence-corrected chi connectivity index (χ2v) is 4.46. The van der Waals surface area contributed by atoms with Gasteiger partial charge >= 0.3 is 5.97 Å². The molecule has 3 rings (SSSR count). The van der Waals surface area contributed by atoms with Crippen LogP contribution in [0.2, 0.25) is 0 Å². The first-order chi connectivity index (χ1) is 9.70. The van der Waals surface area contributed by atoms with E-state index in [1.807, 2.05) is 42.5 Å². The minimum absolute atomic E-state index is 0.183. The molecule has 0 unspecified atom stereocenters. The van der Waals surface area contributed by atoms with Gasteiger partial charge in [0.05, 0.1) is 12.6 Å². The molecule has 3 aromatic rings. The Morgan fingerprint density at radius 3 is 2.60 bits per heavy atom. The average molecular weight is 267 g/mol. The van der Waals surface area contributed by atoms with Crippen molar-refractivity contribution in [3.8, 4) is 16.9 Å². The van der Waals surface area contributed by atoms with Crippen LogP contribution >= 0.6 is 0 Å². The highest BCUT2D eigenvalue weighted by Gasteiger charge is 2.13. The molecule has 0 aliphatic carbocycles. The number of aromatic amines is 1. The third kappa shape index (κ3) is 1.91. The standard InChI is InChI=1S/C16H13NO3/c1-20-14-8-3-2-6-11(14)12-7-4-5-10-9-13(16(18)19)17-15(10)12/h2-9,17H,1H3,(H,18,19). The Bertz CT molecular complexity index is 789. The molecule has 1 heterocycles. The summed E-state index contributed by atoms with van der Waals surface area (Å²) in [5.74, 6) is -0.210. The van der Waals surface area contributed by atoms with Crippen molar-refractivity contribution in [3.63, 3.8) is 0 Å². The van der Waals surface area contributed by atoms with E-state index in [-0.39, 0.29) is 5.69 Å². The molecule has 0 aliphatic heterocycles. The molecule has 0 atom stereocenters. The summed E-state index contributed by atoms with van der Waals surface area (Å²) in [6, 6.07) is 15.0. The summed E-state index contributed by atoms with van der Waals surface area (Å²) in [7, 11) is 1.62. The number of fused-ring (bicyclic) bond motifs is 1. The molecule has 0 saturated heterocycles. The lowest BCUT2D eigenvalue weighted by Crippen LogP contribution is -1.95. The number of aromatic carboxylic acids is 1. The van der Waals surface area contributed by atoms with Gasteiger partial charge in [-0.2, -0.15) is 0 Å². The number of ether oxygens (including phenoxy) is 1. The van der Waals surface area contributed by atoms with Crippen LogP contribution < -0.4 is 4.74 Å². The zero-order chi connectivity index (χ0) is 14.1. The van der Waals surface area contributed by atoms with Crippen LogP contribution in [0.25, 0.3) is 22.0 Å². The highest BCUT2D eigenvalue weighted by molar-refractivity contribution is 6.00. The molecule has 0 saturated carbocycles. The molecule has 20 heavy (non-hydrogen) atoms. The van der Waals surface area contributed by atoms with Gasteiger partial charge in [0.25, 0.3) is 0 Å². The number of benzene rings is 2. The predicted molar refractivity (Wildman–Crippen MR) is 77.2 cm³/mol. The fraction of sp³-hybridized carbons (Fsp3) is 0.0625. The maximum absolute atomic E-state index is 11.1. The van der Waals surface area contributed by atoms with Crippen LogP contribution in [0.1, 0.15) is 10.5 Å². The minimum Gasteiger partial charge on any atom is -0.496 e. The first kappa shape index (κ1) is 12.3. The van der Waals surface area contributed by atoms with Gasteiger partial charge in [-0.25, -0.2) is 4.79 Å². The topological polar surface area (TPSA) is 62.3 Å². The number of para-hydroxylation sites is 2. The monoisotopic (exact) mass is 267 g/mol. The lowest BCUT2D eigenvalue weighted by atomic mass is 10.0. The van der Waals surface area contributed by atoms with Crippen LogP contribution in [0.5, 0.6) is 5.75 Å². The molecule has 0 amide bonds. The van der Waals surface area contributed by atoms with Crippen molar-refractivity contribution >= 4 is 16.9 Å². The summed E-state index contributed by atoms with van der Waals surface area (Å²) in [5, 5.41) is 9.96. The molecule has 4 heteroatoms. The molecule has 0 bridgehead atoms. The normalized spacial score (nSPS) is 10.7. The first-order valence-electron chi connectivity index (χ1n) is 6.19. The lowest BCUT2D eigenvalue weighted by molar-refractivity contribution is 0.0691. The molecule has 1 aromatic heterocycles. The van der Waals surface area contributed by atoms with Gasteiger partial charge in [0, 0.05) is 16.5 Å². The van der Waals surface area contributed by atoms with Gasteiger partial charge < -0.3 is 14.8 Å². The maximum Gasteiger partial charge on any atom is 0.352 e. The Balaban J connectivity index is 2.28. The molecular weight excluding hydrogens is 254 g/mol. The highest BCUT2D eigenvalue weighted by Crippen LogP contribution is 2.34. The Morgan fingerprint density at radius 2 is 1.85 bits per heavy atom. The summed E-state index contributed by atoms with van der Waals surface area (Å²) >= 11 is 0. The van der Waals surface area contributed by atoms with E-state index >= 15 is 0 Å². The summed E-state index contributed by atoms with van der Waals surface area (Å²) in [6.45, 7) is 0. The van der Waals surface area contributed by atoms with Crippen molar-refractivity contribution in [2.45, 2.75) is 0 Å². The molecule has 0 spiro atoms. The number of carbonyl (C=O) groups is 1. The van der Waals surface area contributed by atoms with Gasteiger partial charge in [-0.1, -0.05) is 36.4 Å². The summed E-state index contributed by atoms with van der Waals surface area (Å²) < 4.78 is 5.37. The number of nitrogens with one attached hydrogen (secondary N) is 1. The third-order valence-electron chi connectivity index (χ3n) is 3.28. The number of carboxylic acid groups (broad SMARTS) is 1. The number of hydrogen-bond donors (Lipinski definition) is 2. The van der Waals surface area contributed by atoms with Gasteiger partial charge in [0.1, 0.15) is 11.4 Å². The number of H-pyrrole nitrogens is 1. The van der Waals surface area contributed by atoms with Crippen molar-refractivity contribution < 1.29 is 14.6 Å². The summed E-state index contributed by atoms with van der Waals surface area (Å²) in [6.07, 6.45) is 0. The van der Waals surface area contributed by atoms with Crippen LogP contribution in [0.3, 0.4) is 0 Å². The Morgan fingerprint density at radius 1 is 1.10 bits per heavy atom. The molecular formula is C16H13NO3. The molecule has 100 valence electrons. The van der Waals surface area contributed by atoms with Gasteiger partial charge in [0.2, 0.25) is 0 Å². The van der Waals surface area contributed by atoms with Gasteiger partial charge in [-0.3, -0.25) is 0 Å². The second kappa shape index (κ2) is 4.74. The Hall–Kier alpha value is -2.75. The molecule has 2 aromatic carbocycles. The predicted octanol–water partition coefficient (Wildman–Crippen LogP) is 3.54. The molecule has 0 radical (unpaired) electrons. The molecule has 2 N–H and O–H groups in total. The van der Waals surface area contributed by atoms with E-state index in [0.29, 0.717) is 0 Å². The Kier molecular flexibility index (Phi) is 2.91. The van der Waals surface area contributed by atoms with Crippen LogP contribution in [0.15, 0.2) is 48.5 Å². The smallest absolute Gasteiger partial charge is 0.352 e. The SMILES string of the molecule is COc1ccccc1-c1cccc2cc(C(=O)O)[nH]c12. The molecule has 4 nitrogen and oxygen atoms in total. The van der Waals surface area contributed by atoms with E-state index in [0.717, 1.165) is 27.8 Å². The van der Waals surface area contributed by atoms with Gasteiger partial charge in [-0.05, 0) is 12.1 Å². The number of methoxy groups -OCH3 is 1. The zero-order valence-electron chi connectivity index (χ0n) is 10.9. The number of aromatic nitrogens is 1. The van der Waals surface area contributed by atoms with Crippen LogP contribution in [0.4, 0.5) is 0 Å². The highest BCUT2D eigenvalue weighted by atomic mass is 16.5. The Labute approximate surface area is 115 Å². The minimum atomic E-state index is -0.966. The van der Waals surface area contributed by atoms with E-state index in [2.05, 4.69) is 4.98 Å².